The first-order valence-corrected chi connectivity index (χ1v) is 8.66. The molecule has 1 aromatic carbocycles. The molecule has 0 aliphatic carbocycles. The summed E-state index contributed by atoms with van der Waals surface area (Å²) >= 11 is 0. The van der Waals surface area contributed by atoms with E-state index in [0.29, 0.717) is 36.4 Å². The van der Waals surface area contributed by atoms with E-state index in [1.165, 1.54) is 12.1 Å². The van der Waals surface area contributed by atoms with E-state index < -0.39 is 6.10 Å². The molecule has 136 valence electrons. The second-order valence-corrected chi connectivity index (χ2v) is 6.77. The number of halogens is 1. The van der Waals surface area contributed by atoms with Crippen molar-refractivity contribution in [3.63, 3.8) is 0 Å². The Labute approximate surface area is 147 Å². The van der Waals surface area contributed by atoms with Gasteiger partial charge in [0, 0.05) is 26.1 Å². The Morgan fingerprint density at radius 3 is 3.04 bits per heavy atom. The number of aliphatic hydroxyl groups excluding tert-OH is 1. The van der Waals surface area contributed by atoms with E-state index in [1.54, 1.807) is 19.1 Å². The highest BCUT2D eigenvalue weighted by Crippen LogP contribution is 2.20. The smallest absolute Gasteiger partial charge is 0.223 e. The number of aryl methyl sites for hydroxylation is 1. The second-order valence-electron chi connectivity index (χ2n) is 6.77. The van der Waals surface area contributed by atoms with Crippen LogP contribution in [0.5, 0.6) is 0 Å². The molecule has 2 heterocycles. The van der Waals surface area contributed by atoms with Crippen LogP contribution in [0.4, 0.5) is 4.39 Å². The van der Waals surface area contributed by atoms with E-state index in [1.807, 2.05) is 7.05 Å². The van der Waals surface area contributed by atoms with Crippen LogP contribution in [0.1, 0.15) is 36.2 Å². The molecule has 0 spiro atoms. The van der Waals surface area contributed by atoms with Crippen LogP contribution in [0.3, 0.4) is 0 Å². The van der Waals surface area contributed by atoms with E-state index in [9.17, 15) is 9.50 Å². The molecule has 7 heteroatoms. The van der Waals surface area contributed by atoms with Crippen LogP contribution in [-0.2, 0) is 6.54 Å². The van der Waals surface area contributed by atoms with Crippen LogP contribution in [0, 0.1) is 12.7 Å². The molecule has 1 aliphatic rings. The van der Waals surface area contributed by atoms with Gasteiger partial charge >= 0.3 is 0 Å². The molecule has 2 atom stereocenters. The Bertz CT molecular complexity index is 693. The van der Waals surface area contributed by atoms with Gasteiger partial charge < -0.3 is 9.63 Å². The molecule has 0 bridgehead atoms. The number of nitrogens with zero attached hydrogens (tertiary/aromatic N) is 4. The number of likely N-dealkylation sites (tertiary alicyclic amines) is 1. The first-order chi connectivity index (χ1) is 12.0. The van der Waals surface area contributed by atoms with Crippen LogP contribution >= 0.6 is 0 Å². The predicted molar refractivity (Wildman–Crippen MR) is 91.3 cm³/mol. The molecule has 3 rings (SSSR count). The van der Waals surface area contributed by atoms with Gasteiger partial charge in [0.15, 0.2) is 5.82 Å². The van der Waals surface area contributed by atoms with Gasteiger partial charge in [0.05, 0.1) is 12.6 Å². The minimum Gasteiger partial charge on any atom is -0.387 e. The molecule has 1 saturated heterocycles. The molecule has 0 radical (unpaired) electrons. The summed E-state index contributed by atoms with van der Waals surface area (Å²) in [4.78, 5) is 8.73. The van der Waals surface area contributed by atoms with Crippen molar-refractivity contribution in [2.75, 3.05) is 26.7 Å². The summed E-state index contributed by atoms with van der Waals surface area (Å²) in [6.45, 7) is 4.83. The molecule has 2 aromatic rings. The lowest BCUT2D eigenvalue weighted by Crippen LogP contribution is -2.47. The van der Waals surface area contributed by atoms with Crippen molar-refractivity contribution in [3.05, 3.63) is 47.4 Å². The Kier molecular flexibility index (Phi) is 5.78. The highest BCUT2D eigenvalue weighted by molar-refractivity contribution is 5.19. The van der Waals surface area contributed by atoms with E-state index in [-0.39, 0.29) is 5.82 Å². The monoisotopic (exact) mass is 348 g/mol. The molecule has 0 unspecified atom stereocenters. The number of rotatable bonds is 6. The SMILES string of the molecule is Cc1nc(CN2CCC[C@H](N(C)C[C@@H](O)c3cccc(F)c3)C2)no1. The van der Waals surface area contributed by atoms with E-state index in [4.69, 9.17) is 4.52 Å². The first kappa shape index (κ1) is 18.0. The van der Waals surface area contributed by atoms with Crippen LogP contribution in [0.15, 0.2) is 28.8 Å². The number of likely N-dealkylation sites (N-methyl/N-ethyl adjacent to an activating group) is 1. The number of hydrogen-bond acceptors (Lipinski definition) is 6. The molecular formula is C18H25FN4O2. The lowest BCUT2D eigenvalue weighted by Gasteiger charge is -2.38. The Balaban J connectivity index is 1.55. The van der Waals surface area contributed by atoms with Gasteiger partial charge in [-0.3, -0.25) is 9.80 Å². The summed E-state index contributed by atoms with van der Waals surface area (Å²) in [6, 6.07) is 6.50. The maximum Gasteiger partial charge on any atom is 0.223 e. The Morgan fingerprint density at radius 1 is 1.48 bits per heavy atom. The molecule has 1 aliphatic heterocycles. The van der Waals surface area contributed by atoms with Gasteiger partial charge in [0.2, 0.25) is 5.89 Å². The highest BCUT2D eigenvalue weighted by Gasteiger charge is 2.25. The van der Waals surface area contributed by atoms with E-state index >= 15 is 0 Å². The third-order valence-corrected chi connectivity index (χ3v) is 4.73. The molecule has 25 heavy (non-hydrogen) atoms. The quantitative estimate of drug-likeness (QED) is 0.863. The molecule has 0 amide bonds. The number of aromatic nitrogens is 2. The summed E-state index contributed by atoms with van der Waals surface area (Å²) in [5.41, 5.74) is 0.613. The van der Waals surface area contributed by atoms with Crippen molar-refractivity contribution in [2.24, 2.45) is 0 Å². The zero-order chi connectivity index (χ0) is 17.8. The van der Waals surface area contributed by atoms with Gasteiger partial charge in [-0.05, 0) is 44.1 Å². The Morgan fingerprint density at radius 2 is 2.32 bits per heavy atom. The fraction of sp³-hybridized carbons (Fsp3) is 0.556. The van der Waals surface area contributed by atoms with Crippen molar-refractivity contribution in [1.82, 2.24) is 19.9 Å². The van der Waals surface area contributed by atoms with Gasteiger partial charge in [0.25, 0.3) is 0 Å². The average molecular weight is 348 g/mol. The van der Waals surface area contributed by atoms with Gasteiger partial charge in [-0.1, -0.05) is 17.3 Å². The normalized spacial score (nSPS) is 20.1. The molecule has 1 N–H and O–H groups in total. The fourth-order valence-electron chi connectivity index (χ4n) is 3.38. The van der Waals surface area contributed by atoms with Gasteiger partial charge in [-0.2, -0.15) is 4.98 Å². The molecule has 1 aromatic heterocycles. The van der Waals surface area contributed by atoms with E-state index in [2.05, 4.69) is 19.9 Å². The molecule has 0 saturated carbocycles. The number of hydrogen-bond donors (Lipinski definition) is 1. The van der Waals surface area contributed by atoms with Gasteiger partial charge in [-0.15, -0.1) is 0 Å². The van der Waals surface area contributed by atoms with Crippen molar-refractivity contribution in [3.8, 4) is 0 Å². The zero-order valence-electron chi connectivity index (χ0n) is 14.7. The average Bonchev–Trinajstić information content (AvgIpc) is 3.00. The van der Waals surface area contributed by atoms with E-state index in [0.717, 1.165) is 25.9 Å². The highest BCUT2D eigenvalue weighted by atomic mass is 19.1. The van der Waals surface area contributed by atoms with Crippen LogP contribution < -0.4 is 0 Å². The zero-order valence-corrected chi connectivity index (χ0v) is 14.7. The first-order valence-electron chi connectivity index (χ1n) is 8.66. The number of benzene rings is 1. The van der Waals surface area contributed by atoms with Crippen molar-refractivity contribution in [2.45, 2.75) is 38.5 Å². The molecular weight excluding hydrogens is 323 g/mol. The van der Waals surface area contributed by atoms with Crippen LogP contribution in [0.25, 0.3) is 0 Å². The predicted octanol–water partition coefficient (Wildman–Crippen LogP) is 2.15. The molecule has 6 nitrogen and oxygen atoms in total. The summed E-state index contributed by atoms with van der Waals surface area (Å²) in [6.07, 6.45) is 1.46. The second kappa shape index (κ2) is 8.03. The Hall–Kier alpha value is -1.83. The minimum atomic E-state index is -0.698. The standard InChI is InChI=1S/C18H25FN4O2/c1-13-20-18(21-25-13)12-23-8-4-7-16(10-23)22(2)11-17(24)14-5-3-6-15(19)9-14/h3,5-6,9,16-17,24H,4,7-8,10-12H2,1-2H3/t16-,17+/m0/s1. The maximum absolute atomic E-state index is 13.3. The summed E-state index contributed by atoms with van der Waals surface area (Å²) in [7, 11) is 2.01. The number of aliphatic hydroxyl groups is 1. The summed E-state index contributed by atoms with van der Waals surface area (Å²) < 4.78 is 18.4. The fourth-order valence-corrected chi connectivity index (χ4v) is 3.38. The van der Waals surface area contributed by atoms with Gasteiger partial charge in [0.1, 0.15) is 5.82 Å². The summed E-state index contributed by atoms with van der Waals surface area (Å²) in [5, 5.41) is 14.4. The third kappa shape index (κ3) is 4.84. The van der Waals surface area contributed by atoms with Crippen molar-refractivity contribution in [1.29, 1.82) is 0 Å². The van der Waals surface area contributed by atoms with Crippen LogP contribution in [0.2, 0.25) is 0 Å². The van der Waals surface area contributed by atoms with Crippen LogP contribution in [-0.4, -0.2) is 57.8 Å². The lowest BCUT2D eigenvalue weighted by molar-refractivity contribution is 0.0637. The third-order valence-electron chi connectivity index (χ3n) is 4.73. The lowest BCUT2D eigenvalue weighted by atomic mass is 10.0. The topological polar surface area (TPSA) is 65.6 Å². The van der Waals surface area contributed by atoms with Gasteiger partial charge in [-0.25, -0.2) is 4.39 Å². The maximum atomic E-state index is 13.3. The van der Waals surface area contributed by atoms with Crippen molar-refractivity contribution >= 4 is 0 Å². The minimum absolute atomic E-state index is 0.321. The molecule has 1 fully saturated rings. The number of piperidine rings is 1. The largest absolute Gasteiger partial charge is 0.387 e. The summed E-state index contributed by atoms with van der Waals surface area (Å²) in [5.74, 6) is 0.970. The van der Waals surface area contributed by atoms with Crippen molar-refractivity contribution < 1.29 is 14.0 Å².